The molecule has 110 valence electrons. The van der Waals surface area contributed by atoms with Crippen LogP contribution in [0.15, 0.2) is 6.07 Å². The molecule has 0 aliphatic heterocycles. The Morgan fingerprint density at radius 1 is 1.60 bits per heavy atom. The van der Waals surface area contributed by atoms with E-state index < -0.39 is 10.8 Å². The van der Waals surface area contributed by atoms with Crippen molar-refractivity contribution in [3.05, 3.63) is 22.9 Å². The average Bonchev–Trinajstić information content (AvgIpc) is 2.84. The van der Waals surface area contributed by atoms with Gasteiger partial charge in [0.25, 0.3) is 0 Å². The second-order valence-corrected chi connectivity index (χ2v) is 7.47. The molecule has 0 aromatic carbocycles. The fraction of sp³-hybridized carbons (Fsp3) is 0.571. The predicted molar refractivity (Wildman–Crippen MR) is 88.8 cm³/mol. The summed E-state index contributed by atoms with van der Waals surface area (Å²) in [6, 6.07) is 2.07. The molecule has 0 saturated heterocycles. The van der Waals surface area contributed by atoms with Gasteiger partial charge in [-0.1, -0.05) is 19.1 Å². The normalized spacial score (nSPS) is 16.5. The smallest absolute Gasteiger partial charge is 0.136 e. The van der Waals surface area contributed by atoms with Crippen LogP contribution >= 0.6 is 12.2 Å². The van der Waals surface area contributed by atoms with E-state index in [1.54, 1.807) is 6.26 Å². The van der Waals surface area contributed by atoms with E-state index in [0.717, 1.165) is 49.3 Å². The third-order valence-electron chi connectivity index (χ3n) is 3.73. The molecule has 0 spiro atoms. The van der Waals surface area contributed by atoms with E-state index in [1.165, 1.54) is 5.56 Å². The lowest BCUT2D eigenvalue weighted by molar-refractivity contribution is 0.672. The molecule has 1 heterocycles. The molecule has 1 aromatic rings. The number of pyridine rings is 1. The van der Waals surface area contributed by atoms with Gasteiger partial charge in [0.2, 0.25) is 0 Å². The van der Waals surface area contributed by atoms with Gasteiger partial charge in [0.05, 0.1) is 5.56 Å². The quantitative estimate of drug-likeness (QED) is 0.784. The molecule has 2 unspecified atom stereocenters. The van der Waals surface area contributed by atoms with Gasteiger partial charge in [-0.15, -0.1) is 0 Å². The Kier molecular flexibility index (Phi) is 5.10. The van der Waals surface area contributed by atoms with Crippen LogP contribution in [0.25, 0.3) is 0 Å². The topological polar surface area (TPSA) is 68.0 Å². The number of nitrogens with one attached hydrogen (secondary N) is 1. The number of hydrogen-bond donors (Lipinski definition) is 2. The lowest BCUT2D eigenvalue weighted by Crippen LogP contribution is -2.19. The van der Waals surface area contributed by atoms with Crippen molar-refractivity contribution in [1.29, 1.82) is 0 Å². The van der Waals surface area contributed by atoms with Crippen LogP contribution in [0.4, 0.5) is 5.82 Å². The average molecular weight is 311 g/mol. The first-order valence-corrected chi connectivity index (χ1v) is 8.90. The zero-order chi connectivity index (χ0) is 14.7. The van der Waals surface area contributed by atoms with Crippen molar-refractivity contribution < 1.29 is 4.21 Å². The van der Waals surface area contributed by atoms with Crippen molar-refractivity contribution in [2.45, 2.75) is 37.9 Å². The molecule has 2 rings (SSSR count). The third-order valence-corrected chi connectivity index (χ3v) is 5.32. The van der Waals surface area contributed by atoms with E-state index >= 15 is 0 Å². The maximum atomic E-state index is 11.3. The van der Waals surface area contributed by atoms with Crippen molar-refractivity contribution in [2.24, 2.45) is 5.73 Å². The van der Waals surface area contributed by atoms with E-state index in [-0.39, 0.29) is 5.25 Å². The SMILES string of the molecule is CC(CCNc1nc2c(cc1C(N)=S)CCC2)S(C)=O. The van der Waals surface area contributed by atoms with Crippen molar-refractivity contribution in [2.75, 3.05) is 18.1 Å². The molecule has 20 heavy (non-hydrogen) atoms. The molecular weight excluding hydrogens is 290 g/mol. The molecular formula is C14H21N3OS2. The molecule has 1 aliphatic carbocycles. The highest BCUT2D eigenvalue weighted by Crippen LogP contribution is 2.25. The van der Waals surface area contributed by atoms with Gasteiger partial charge in [-0.2, -0.15) is 0 Å². The van der Waals surface area contributed by atoms with Crippen LogP contribution in [0.2, 0.25) is 0 Å². The van der Waals surface area contributed by atoms with Crippen LogP contribution in [0.1, 0.15) is 36.6 Å². The number of hydrogen-bond acceptors (Lipinski definition) is 4. The van der Waals surface area contributed by atoms with Gasteiger partial charge in [-0.25, -0.2) is 4.98 Å². The molecule has 0 fully saturated rings. The summed E-state index contributed by atoms with van der Waals surface area (Å²) in [6.07, 6.45) is 5.80. The molecule has 6 heteroatoms. The van der Waals surface area contributed by atoms with Gasteiger partial charge in [-0.3, -0.25) is 4.21 Å². The van der Waals surface area contributed by atoms with Crippen molar-refractivity contribution >= 4 is 33.8 Å². The summed E-state index contributed by atoms with van der Waals surface area (Å²) >= 11 is 5.11. The minimum absolute atomic E-state index is 0.171. The molecule has 0 radical (unpaired) electrons. The second-order valence-electron chi connectivity index (χ2n) is 5.23. The second kappa shape index (κ2) is 6.63. The minimum Gasteiger partial charge on any atom is -0.389 e. The molecule has 0 amide bonds. The van der Waals surface area contributed by atoms with Gasteiger partial charge >= 0.3 is 0 Å². The summed E-state index contributed by atoms with van der Waals surface area (Å²) in [4.78, 5) is 5.04. The lowest BCUT2D eigenvalue weighted by atomic mass is 10.1. The van der Waals surface area contributed by atoms with Gasteiger partial charge in [-0.05, 0) is 37.3 Å². The minimum atomic E-state index is -0.793. The van der Waals surface area contributed by atoms with E-state index in [1.807, 2.05) is 6.92 Å². The van der Waals surface area contributed by atoms with Gasteiger partial charge in [0.1, 0.15) is 10.8 Å². The zero-order valence-electron chi connectivity index (χ0n) is 11.9. The first-order valence-electron chi connectivity index (χ1n) is 6.87. The Bertz CT molecular complexity index is 545. The highest BCUT2D eigenvalue weighted by molar-refractivity contribution is 7.84. The standard InChI is InChI=1S/C14H21N3OS2/c1-9(20(2)18)6-7-16-14-11(13(15)19)8-10-4-3-5-12(10)17-14/h8-9H,3-7H2,1-2H3,(H2,15,19)(H,16,17). The number of nitrogens with zero attached hydrogens (tertiary/aromatic N) is 1. The molecule has 4 nitrogen and oxygen atoms in total. The maximum absolute atomic E-state index is 11.3. The Morgan fingerprint density at radius 3 is 3.00 bits per heavy atom. The summed E-state index contributed by atoms with van der Waals surface area (Å²) < 4.78 is 11.3. The first kappa shape index (κ1) is 15.4. The number of nitrogens with two attached hydrogens (primary N) is 1. The number of aryl methyl sites for hydroxylation is 2. The van der Waals surface area contributed by atoms with Crippen LogP contribution in [-0.2, 0) is 23.6 Å². The largest absolute Gasteiger partial charge is 0.389 e. The van der Waals surface area contributed by atoms with Crippen LogP contribution in [0, 0.1) is 0 Å². The number of fused-ring (bicyclic) bond motifs is 1. The Hall–Kier alpha value is -1.01. The van der Waals surface area contributed by atoms with Crippen LogP contribution in [0.3, 0.4) is 0 Å². The fourth-order valence-electron chi connectivity index (χ4n) is 2.35. The van der Waals surface area contributed by atoms with E-state index in [2.05, 4.69) is 16.4 Å². The molecule has 3 N–H and O–H groups in total. The van der Waals surface area contributed by atoms with Crippen LogP contribution < -0.4 is 11.1 Å². The Labute approximate surface area is 128 Å². The molecule has 2 atom stereocenters. The highest BCUT2D eigenvalue weighted by atomic mass is 32.2. The summed E-state index contributed by atoms with van der Waals surface area (Å²) in [5.41, 5.74) is 9.03. The molecule has 0 bridgehead atoms. The number of thiocarbonyl (C=S) groups is 1. The van der Waals surface area contributed by atoms with E-state index in [4.69, 9.17) is 18.0 Å². The van der Waals surface area contributed by atoms with E-state index in [9.17, 15) is 4.21 Å². The van der Waals surface area contributed by atoms with Gasteiger partial charge in [0.15, 0.2) is 0 Å². The fourth-order valence-corrected chi connectivity index (χ4v) is 2.96. The molecule has 1 aliphatic rings. The number of rotatable bonds is 6. The molecule has 1 aromatic heterocycles. The van der Waals surface area contributed by atoms with Gasteiger partial charge < -0.3 is 11.1 Å². The Morgan fingerprint density at radius 2 is 2.35 bits per heavy atom. The van der Waals surface area contributed by atoms with Crippen molar-refractivity contribution in [3.63, 3.8) is 0 Å². The summed E-state index contributed by atoms with van der Waals surface area (Å²) in [5.74, 6) is 0.771. The number of aromatic nitrogens is 1. The van der Waals surface area contributed by atoms with Crippen molar-refractivity contribution in [3.8, 4) is 0 Å². The van der Waals surface area contributed by atoms with Crippen LogP contribution in [0.5, 0.6) is 0 Å². The van der Waals surface area contributed by atoms with Crippen LogP contribution in [-0.4, -0.2) is 32.2 Å². The highest BCUT2D eigenvalue weighted by Gasteiger charge is 2.17. The summed E-state index contributed by atoms with van der Waals surface area (Å²) in [5, 5.41) is 3.47. The number of anilines is 1. The monoisotopic (exact) mass is 311 g/mol. The third kappa shape index (κ3) is 3.55. The summed E-state index contributed by atoms with van der Waals surface area (Å²) in [6.45, 7) is 2.71. The maximum Gasteiger partial charge on any atom is 0.136 e. The zero-order valence-corrected chi connectivity index (χ0v) is 13.6. The van der Waals surface area contributed by atoms with Gasteiger partial charge in [0, 0.05) is 34.5 Å². The van der Waals surface area contributed by atoms with E-state index in [0.29, 0.717) is 4.99 Å². The molecule has 0 saturated carbocycles. The Balaban J connectivity index is 2.10. The predicted octanol–water partition coefficient (Wildman–Crippen LogP) is 1.77. The lowest BCUT2D eigenvalue weighted by Gasteiger charge is -2.14. The summed E-state index contributed by atoms with van der Waals surface area (Å²) in [7, 11) is -0.793. The van der Waals surface area contributed by atoms with Crippen molar-refractivity contribution in [1.82, 2.24) is 4.98 Å². The first-order chi connectivity index (χ1) is 9.49.